The Labute approximate surface area is 180 Å². The van der Waals surface area contributed by atoms with Crippen molar-refractivity contribution in [1.29, 1.82) is 0 Å². The molecule has 0 unspecified atom stereocenters. The summed E-state index contributed by atoms with van der Waals surface area (Å²) < 4.78 is 0. The maximum Gasteiger partial charge on any atom is 0.227 e. The van der Waals surface area contributed by atoms with Gasteiger partial charge in [-0.3, -0.25) is 19.5 Å². The molecule has 4 rings (SSSR count). The Morgan fingerprint density at radius 3 is 1.80 bits per heavy atom. The number of allylic oxidation sites excluding steroid dienone is 1. The quantitative estimate of drug-likeness (QED) is 0.725. The van der Waals surface area contributed by atoms with Gasteiger partial charge in [0.05, 0.1) is 18.2 Å². The Hall–Kier alpha value is -2.69. The van der Waals surface area contributed by atoms with Crippen molar-refractivity contribution in [2.45, 2.75) is 38.5 Å². The summed E-state index contributed by atoms with van der Waals surface area (Å²) in [6, 6.07) is 22.0. The van der Waals surface area contributed by atoms with Crippen LogP contribution in [0.15, 0.2) is 84.7 Å². The van der Waals surface area contributed by atoms with E-state index in [1.54, 1.807) is 11.8 Å². The van der Waals surface area contributed by atoms with E-state index in [4.69, 9.17) is 0 Å². The molecule has 0 N–H and O–H groups in total. The van der Waals surface area contributed by atoms with E-state index >= 15 is 0 Å². The highest BCUT2D eigenvalue weighted by molar-refractivity contribution is 5.76. The van der Waals surface area contributed by atoms with Gasteiger partial charge < -0.3 is 0 Å². The molecule has 0 radical (unpaired) electrons. The lowest BCUT2D eigenvalue weighted by Gasteiger charge is -2.35. The van der Waals surface area contributed by atoms with Crippen LogP contribution in [0.3, 0.4) is 0 Å². The molecule has 3 atom stereocenters. The highest BCUT2D eigenvalue weighted by Crippen LogP contribution is 2.48. The third kappa shape index (κ3) is 3.62. The van der Waals surface area contributed by atoms with Crippen molar-refractivity contribution in [3.63, 3.8) is 0 Å². The number of benzene rings is 2. The molecule has 1 fully saturated rings. The zero-order valence-electron chi connectivity index (χ0n) is 18.3. The predicted molar refractivity (Wildman–Crippen MR) is 121 cm³/mol. The molecule has 4 nitrogen and oxygen atoms in total. The fourth-order valence-corrected chi connectivity index (χ4v) is 5.08. The second kappa shape index (κ2) is 8.58. The van der Waals surface area contributed by atoms with Crippen LogP contribution in [0, 0.1) is 5.92 Å². The Bertz CT molecular complexity index is 886. The monoisotopic (exact) mass is 401 g/mol. The molecule has 0 spiro atoms. The van der Waals surface area contributed by atoms with Crippen LogP contribution in [-0.4, -0.2) is 40.9 Å². The molecule has 0 saturated carbocycles. The van der Waals surface area contributed by atoms with Crippen LogP contribution in [0.1, 0.15) is 43.5 Å². The topological polar surface area (TPSA) is 26.8 Å². The summed E-state index contributed by atoms with van der Waals surface area (Å²) in [5.74, 6) is 0.363. The zero-order chi connectivity index (χ0) is 21.3. The van der Waals surface area contributed by atoms with Crippen LogP contribution >= 0.6 is 0 Å². The summed E-state index contributed by atoms with van der Waals surface area (Å²) in [7, 11) is 4.43. The summed E-state index contributed by atoms with van der Waals surface area (Å²) in [6.45, 7) is 3.83. The van der Waals surface area contributed by atoms with Gasteiger partial charge in [0, 0.05) is 25.2 Å². The Kier molecular flexibility index (Phi) is 5.89. The van der Waals surface area contributed by atoms with Crippen molar-refractivity contribution in [3.05, 3.63) is 95.8 Å². The van der Waals surface area contributed by atoms with E-state index in [2.05, 4.69) is 104 Å². The lowest BCUT2D eigenvalue weighted by atomic mass is 9.91. The summed E-state index contributed by atoms with van der Waals surface area (Å²) in [6.07, 6.45) is 7.27. The zero-order valence-corrected chi connectivity index (χ0v) is 18.3. The summed E-state index contributed by atoms with van der Waals surface area (Å²) in [5, 5.41) is 0. The fraction of sp³-hybridized carbons (Fsp3) is 0.346. The smallest absolute Gasteiger partial charge is 0.227 e. The molecule has 1 saturated heterocycles. The number of amides is 1. The molecular weight excluding hydrogens is 370 g/mol. The molecule has 2 aromatic carbocycles. The first kappa shape index (κ1) is 20.6. The second-order valence-corrected chi connectivity index (χ2v) is 8.33. The van der Waals surface area contributed by atoms with Crippen LogP contribution in [0.5, 0.6) is 0 Å². The van der Waals surface area contributed by atoms with Gasteiger partial charge in [0.25, 0.3) is 0 Å². The van der Waals surface area contributed by atoms with Gasteiger partial charge in [0.15, 0.2) is 0 Å². The average molecular weight is 402 g/mol. The Morgan fingerprint density at radius 2 is 1.37 bits per heavy atom. The molecule has 4 heteroatoms. The van der Waals surface area contributed by atoms with Gasteiger partial charge in [-0.2, -0.15) is 0 Å². The molecule has 1 amide bonds. The Morgan fingerprint density at radius 1 is 0.867 bits per heavy atom. The standard InChI is InChI=1S/C26H31N3O/c1-5-20-16-17-29(19(2)30)18-23(20)26-27(3)24(21-12-8-6-9-13-21)25(28(26)4)22-14-10-7-11-15-22/h6-18,20,24-26H,5H2,1-4H3/t20-,24+,25+/m1/s1. The number of carbonyl (C=O) groups is 1. The van der Waals surface area contributed by atoms with Gasteiger partial charge >= 0.3 is 0 Å². The molecule has 2 aliphatic rings. The van der Waals surface area contributed by atoms with E-state index in [1.165, 1.54) is 16.7 Å². The van der Waals surface area contributed by atoms with Crippen molar-refractivity contribution < 1.29 is 4.79 Å². The van der Waals surface area contributed by atoms with Crippen molar-refractivity contribution in [1.82, 2.24) is 14.7 Å². The van der Waals surface area contributed by atoms with Crippen LogP contribution in [0.4, 0.5) is 0 Å². The highest BCUT2D eigenvalue weighted by atomic mass is 16.2. The van der Waals surface area contributed by atoms with Gasteiger partial charge in [-0.15, -0.1) is 0 Å². The van der Waals surface area contributed by atoms with E-state index in [0.29, 0.717) is 5.92 Å². The maximum atomic E-state index is 12.1. The molecule has 2 aromatic rings. The van der Waals surface area contributed by atoms with Crippen LogP contribution in [-0.2, 0) is 4.79 Å². The minimum atomic E-state index is 0.0424. The maximum absolute atomic E-state index is 12.1. The fourth-order valence-electron chi connectivity index (χ4n) is 5.08. The van der Waals surface area contributed by atoms with Gasteiger partial charge in [0.1, 0.15) is 0 Å². The summed E-state index contributed by atoms with van der Waals surface area (Å²) in [4.78, 5) is 18.8. The summed E-state index contributed by atoms with van der Waals surface area (Å²) in [5.41, 5.74) is 3.90. The molecule has 0 aromatic heterocycles. The van der Waals surface area contributed by atoms with Gasteiger partial charge in [-0.05, 0) is 37.2 Å². The number of hydrogen-bond donors (Lipinski definition) is 0. The molecule has 30 heavy (non-hydrogen) atoms. The van der Waals surface area contributed by atoms with Crippen molar-refractivity contribution in [2.24, 2.45) is 5.92 Å². The average Bonchev–Trinajstić information content (AvgIpc) is 3.04. The second-order valence-electron chi connectivity index (χ2n) is 8.33. The lowest BCUT2D eigenvalue weighted by Crippen LogP contribution is -2.41. The van der Waals surface area contributed by atoms with E-state index in [0.717, 1.165) is 6.42 Å². The predicted octanol–water partition coefficient (Wildman–Crippen LogP) is 4.96. The summed E-state index contributed by atoms with van der Waals surface area (Å²) >= 11 is 0. The van der Waals surface area contributed by atoms with Crippen LogP contribution < -0.4 is 0 Å². The third-order valence-corrected chi connectivity index (χ3v) is 6.53. The van der Waals surface area contributed by atoms with Crippen molar-refractivity contribution in [3.8, 4) is 0 Å². The van der Waals surface area contributed by atoms with E-state index < -0.39 is 0 Å². The molecule has 0 bridgehead atoms. The van der Waals surface area contributed by atoms with Crippen LogP contribution in [0.25, 0.3) is 0 Å². The number of hydrogen-bond acceptors (Lipinski definition) is 3. The number of likely N-dealkylation sites (N-methyl/N-ethyl adjacent to an activating group) is 2. The normalized spacial score (nSPS) is 25.5. The molecule has 0 aliphatic carbocycles. The van der Waals surface area contributed by atoms with E-state index in [-0.39, 0.29) is 24.2 Å². The largest absolute Gasteiger partial charge is 0.295 e. The first-order chi connectivity index (χ1) is 14.5. The van der Waals surface area contributed by atoms with Crippen LogP contribution in [0.2, 0.25) is 0 Å². The number of carbonyl (C=O) groups excluding carboxylic acids is 1. The number of rotatable bonds is 4. The molecule has 156 valence electrons. The number of nitrogens with zero attached hydrogens (tertiary/aromatic N) is 3. The molecule has 2 heterocycles. The lowest BCUT2D eigenvalue weighted by molar-refractivity contribution is -0.124. The van der Waals surface area contributed by atoms with E-state index in [1.807, 2.05) is 6.20 Å². The Balaban J connectivity index is 1.80. The minimum Gasteiger partial charge on any atom is -0.295 e. The van der Waals surface area contributed by atoms with E-state index in [9.17, 15) is 4.79 Å². The SMILES string of the molecule is CC[C@@H]1C=CN(C(C)=O)C=C1C1N(C)[C@@H](c2ccccc2)[C@H](c2ccccc2)N1C. The first-order valence-corrected chi connectivity index (χ1v) is 10.8. The first-order valence-electron chi connectivity index (χ1n) is 10.8. The molecule has 2 aliphatic heterocycles. The van der Waals surface area contributed by atoms with Gasteiger partial charge in [0.2, 0.25) is 5.91 Å². The third-order valence-electron chi connectivity index (χ3n) is 6.53. The van der Waals surface area contributed by atoms with Crippen molar-refractivity contribution in [2.75, 3.05) is 14.1 Å². The van der Waals surface area contributed by atoms with Crippen molar-refractivity contribution >= 4 is 5.91 Å². The minimum absolute atomic E-state index is 0.0424. The highest BCUT2D eigenvalue weighted by Gasteiger charge is 2.47. The van der Waals surface area contributed by atoms with Gasteiger partial charge in [-0.1, -0.05) is 73.7 Å². The van der Waals surface area contributed by atoms with Gasteiger partial charge in [-0.25, -0.2) is 0 Å². The molecular formula is C26H31N3O.